The van der Waals surface area contributed by atoms with Gasteiger partial charge in [0.05, 0.1) is 19.1 Å². The van der Waals surface area contributed by atoms with E-state index in [4.69, 9.17) is 16.3 Å². The van der Waals surface area contributed by atoms with Gasteiger partial charge in [0.15, 0.2) is 11.6 Å². The van der Waals surface area contributed by atoms with E-state index in [1.807, 2.05) is 65.6 Å². The molecule has 1 N–H and O–H groups in total. The van der Waals surface area contributed by atoms with Crippen LogP contribution in [0.25, 0.3) is 6.08 Å². The van der Waals surface area contributed by atoms with Gasteiger partial charge in [-0.15, -0.1) is 0 Å². The number of rotatable bonds is 5. The van der Waals surface area contributed by atoms with E-state index < -0.39 is 23.4 Å². The molecule has 41 heavy (non-hydrogen) atoms. The van der Waals surface area contributed by atoms with Crippen LogP contribution in [0.5, 0.6) is 5.75 Å². The summed E-state index contributed by atoms with van der Waals surface area (Å²) in [5, 5.41) is 3.54. The average molecular weight is 561 g/mol. The van der Waals surface area contributed by atoms with Gasteiger partial charge in [0.25, 0.3) is 0 Å². The van der Waals surface area contributed by atoms with E-state index in [0.29, 0.717) is 33.1 Å². The zero-order valence-electron chi connectivity index (χ0n) is 22.1. The molecule has 3 aliphatic heterocycles. The molecular weight excluding hydrogens is 536 g/mol. The van der Waals surface area contributed by atoms with Crippen molar-refractivity contribution >= 4 is 46.5 Å². The fourth-order valence-corrected chi connectivity index (χ4v) is 6.99. The third-order valence-corrected chi connectivity index (χ3v) is 8.83. The third-order valence-electron chi connectivity index (χ3n) is 8.58. The first-order valence-electron chi connectivity index (χ1n) is 13.4. The van der Waals surface area contributed by atoms with Crippen LogP contribution >= 0.6 is 11.6 Å². The van der Waals surface area contributed by atoms with Gasteiger partial charge in [0.2, 0.25) is 5.91 Å². The molecule has 7 heteroatoms. The minimum Gasteiger partial charge on any atom is -0.497 e. The van der Waals surface area contributed by atoms with Crippen molar-refractivity contribution in [2.75, 3.05) is 17.3 Å². The van der Waals surface area contributed by atoms with Gasteiger partial charge >= 0.3 is 0 Å². The maximum absolute atomic E-state index is 14.7. The van der Waals surface area contributed by atoms with Crippen molar-refractivity contribution in [1.29, 1.82) is 0 Å². The number of nitrogens with zero attached hydrogens (tertiary/aromatic N) is 1. The minimum atomic E-state index is -1.36. The van der Waals surface area contributed by atoms with E-state index in [0.717, 1.165) is 11.3 Å². The maximum Gasteiger partial charge on any atom is 0.238 e. The molecule has 1 amide bonds. The molecular formula is C34H25ClN2O4. The number of carbonyl (C=O) groups is 3. The van der Waals surface area contributed by atoms with Gasteiger partial charge in [-0.2, -0.15) is 0 Å². The second-order valence-corrected chi connectivity index (χ2v) is 11.0. The molecule has 3 aliphatic rings. The summed E-state index contributed by atoms with van der Waals surface area (Å²) in [6.45, 7) is 0. The van der Waals surface area contributed by atoms with Gasteiger partial charge in [0, 0.05) is 27.5 Å². The number of Topliss-reactive ketones (excluding diaryl/α,β-unsaturated/α-hetero) is 2. The van der Waals surface area contributed by atoms with Crippen LogP contribution in [0.15, 0.2) is 103 Å². The Balaban J connectivity index is 1.53. The van der Waals surface area contributed by atoms with Gasteiger partial charge in [-0.25, -0.2) is 0 Å². The lowest BCUT2D eigenvalue weighted by Crippen LogP contribution is -2.51. The molecule has 0 radical (unpaired) electrons. The summed E-state index contributed by atoms with van der Waals surface area (Å²) in [7, 11) is 1.54. The molecule has 4 atom stereocenters. The largest absolute Gasteiger partial charge is 0.497 e. The predicted molar refractivity (Wildman–Crippen MR) is 159 cm³/mol. The Hall–Kier alpha value is -4.68. The Morgan fingerprint density at radius 1 is 0.878 bits per heavy atom. The van der Waals surface area contributed by atoms with E-state index in [9.17, 15) is 14.4 Å². The Morgan fingerprint density at radius 2 is 1.63 bits per heavy atom. The van der Waals surface area contributed by atoms with Crippen molar-refractivity contribution in [3.8, 4) is 5.75 Å². The minimum absolute atomic E-state index is 0.264. The molecule has 3 heterocycles. The molecule has 202 valence electrons. The number of benzene rings is 4. The molecule has 6 nitrogen and oxygen atoms in total. The monoisotopic (exact) mass is 560 g/mol. The number of fused-ring (bicyclic) bond motifs is 6. The summed E-state index contributed by atoms with van der Waals surface area (Å²) in [5.41, 5.74) is 2.48. The lowest BCUT2D eigenvalue weighted by Gasteiger charge is -2.37. The zero-order valence-corrected chi connectivity index (χ0v) is 22.8. The second kappa shape index (κ2) is 9.46. The quantitative estimate of drug-likeness (QED) is 0.294. The van der Waals surface area contributed by atoms with Crippen LogP contribution in [0.1, 0.15) is 31.8 Å². The van der Waals surface area contributed by atoms with Crippen LogP contribution in [0.2, 0.25) is 5.02 Å². The zero-order chi connectivity index (χ0) is 28.3. The third kappa shape index (κ3) is 3.60. The molecule has 0 aliphatic carbocycles. The summed E-state index contributed by atoms with van der Waals surface area (Å²) in [6.07, 6.45) is 3.94. The molecule has 0 unspecified atom stereocenters. The predicted octanol–water partition coefficient (Wildman–Crippen LogP) is 6.20. The topological polar surface area (TPSA) is 75.7 Å². The number of hydrogen-bond donors (Lipinski definition) is 1. The van der Waals surface area contributed by atoms with Gasteiger partial charge in [-0.3, -0.25) is 14.4 Å². The summed E-state index contributed by atoms with van der Waals surface area (Å²) < 4.78 is 5.42. The number of nitrogens with one attached hydrogen (secondary N) is 1. The standard InChI is InChI=1S/C34H25ClN2O4/c1-41-24-9-6-8-22(19-24)32(39)30-29(31(38)21-13-16-23(35)17-14-21)34(25-10-3-4-11-26(25)36-33(34)40)28-18-15-20-7-2-5-12-27(20)37(28)30/h2-19,28-30H,1H3,(H,36,40)/t28-,29+,30-,34+/m0/s1. The molecule has 0 aromatic heterocycles. The summed E-state index contributed by atoms with van der Waals surface area (Å²) in [4.78, 5) is 45.8. The maximum atomic E-state index is 14.7. The number of methoxy groups -OCH3 is 1. The van der Waals surface area contributed by atoms with E-state index in [1.54, 1.807) is 55.6 Å². The van der Waals surface area contributed by atoms with E-state index >= 15 is 0 Å². The first kappa shape index (κ1) is 25.3. The summed E-state index contributed by atoms with van der Waals surface area (Å²) in [6, 6.07) is 27.2. The highest BCUT2D eigenvalue weighted by molar-refractivity contribution is 6.30. The first-order chi connectivity index (χ1) is 19.9. The SMILES string of the molecule is COc1cccc(C(=O)[C@@H]2[C@H](C(=O)c3ccc(Cl)cc3)[C@]3(C(=O)Nc4ccccc43)[C@@H]3C=Cc4ccccc4N23)c1. The van der Waals surface area contributed by atoms with Crippen molar-refractivity contribution in [2.45, 2.75) is 17.5 Å². The lowest BCUT2D eigenvalue weighted by molar-refractivity contribution is -0.121. The second-order valence-electron chi connectivity index (χ2n) is 10.5. The Morgan fingerprint density at radius 3 is 2.44 bits per heavy atom. The number of anilines is 2. The first-order valence-corrected chi connectivity index (χ1v) is 13.8. The van der Waals surface area contributed by atoms with Crippen LogP contribution in [0, 0.1) is 5.92 Å². The van der Waals surface area contributed by atoms with Crippen molar-refractivity contribution in [3.63, 3.8) is 0 Å². The smallest absolute Gasteiger partial charge is 0.238 e. The molecule has 0 saturated carbocycles. The van der Waals surface area contributed by atoms with Crippen LogP contribution in [-0.2, 0) is 10.2 Å². The van der Waals surface area contributed by atoms with Crippen LogP contribution in [-0.4, -0.2) is 36.7 Å². The molecule has 4 aromatic rings. The molecule has 1 fully saturated rings. The number of amides is 1. The molecule has 4 aromatic carbocycles. The number of carbonyl (C=O) groups excluding carboxylic acids is 3. The molecule has 1 spiro atoms. The lowest BCUT2D eigenvalue weighted by atomic mass is 9.64. The number of ether oxygens (including phenoxy) is 1. The molecule has 0 bridgehead atoms. The average Bonchev–Trinajstić information content (AvgIpc) is 3.49. The highest BCUT2D eigenvalue weighted by Crippen LogP contribution is 2.58. The van der Waals surface area contributed by atoms with E-state index in [-0.39, 0.29) is 17.5 Å². The number of ketones is 2. The highest BCUT2D eigenvalue weighted by atomic mass is 35.5. The highest BCUT2D eigenvalue weighted by Gasteiger charge is 2.70. The van der Waals surface area contributed by atoms with Crippen LogP contribution < -0.4 is 15.0 Å². The van der Waals surface area contributed by atoms with Crippen molar-refractivity contribution in [1.82, 2.24) is 0 Å². The van der Waals surface area contributed by atoms with Crippen molar-refractivity contribution in [2.24, 2.45) is 5.92 Å². The van der Waals surface area contributed by atoms with E-state index in [2.05, 4.69) is 5.32 Å². The van der Waals surface area contributed by atoms with E-state index in [1.165, 1.54) is 0 Å². The van der Waals surface area contributed by atoms with Gasteiger partial charge < -0.3 is 15.0 Å². The Labute approximate surface area is 242 Å². The number of halogens is 1. The normalized spacial score (nSPS) is 23.5. The van der Waals surface area contributed by atoms with Crippen molar-refractivity contribution in [3.05, 3.63) is 130 Å². The van der Waals surface area contributed by atoms with Crippen LogP contribution in [0.4, 0.5) is 11.4 Å². The summed E-state index contributed by atoms with van der Waals surface area (Å²) in [5.74, 6) is -1.38. The van der Waals surface area contributed by atoms with Gasteiger partial charge in [-0.1, -0.05) is 72.3 Å². The van der Waals surface area contributed by atoms with Crippen LogP contribution in [0.3, 0.4) is 0 Å². The fourth-order valence-electron chi connectivity index (χ4n) is 6.86. The molecule has 1 saturated heterocycles. The number of para-hydroxylation sites is 2. The number of hydrogen-bond acceptors (Lipinski definition) is 5. The Bertz CT molecular complexity index is 1760. The van der Waals surface area contributed by atoms with Gasteiger partial charge in [-0.05, 0) is 59.7 Å². The molecule has 7 rings (SSSR count). The Kier molecular flexibility index (Phi) is 5.84. The van der Waals surface area contributed by atoms with Crippen molar-refractivity contribution < 1.29 is 19.1 Å². The summed E-state index contributed by atoms with van der Waals surface area (Å²) >= 11 is 6.17. The van der Waals surface area contributed by atoms with Gasteiger partial charge in [0.1, 0.15) is 17.2 Å². The fraction of sp³-hybridized carbons (Fsp3) is 0.147.